The van der Waals surface area contributed by atoms with E-state index in [-0.39, 0.29) is 42.3 Å². The molecule has 0 fully saturated rings. The van der Waals surface area contributed by atoms with Gasteiger partial charge in [0, 0.05) is 18.0 Å². The number of rotatable bonds is 10. The SMILES string of the molecule is CC(C)CC(NC(=O)C1(C(F)c2ccccc2)CC(CNC(=O)c2nccc3ccccc23)=NO1)B(O)O. The van der Waals surface area contributed by atoms with Gasteiger partial charge in [-0.3, -0.25) is 14.6 Å². The Morgan fingerprint density at radius 3 is 2.53 bits per heavy atom. The van der Waals surface area contributed by atoms with Gasteiger partial charge in [0.05, 0.1) is 18.2 Å². The number of carbonyl (C=O) groups excluding carboxylic acids is 2. The Bertz CT molecular complexity index is 1320. The summed E-state index contributed by atoms with van der Waals surface area (Å²) < 4.78 is 16.0. The minimum absolute atomic E-state index is 0.0301. The molecule has 1 aliphatic heterocycles. The molecule has 2 aromatic carbocycles. The molecular formula is C27H30BFN4O5. The molecule has 4 rings (SSSR count). The molecule has 0 bridgehead atoms. The highest BCUT2D eigenvalue weighted by Crippen LogP contribution is 2.40. The molecule has 0 saturated heterocycles. The van der Waals surface area contributed by atoms with Crippen LogP contribution in [0.15, 0.2) is 72.0 Å². The Labute approximate surface area is 220 Å². The van der Waals surface area contributed by atoms with Crippen LogP contribution in [-0.2, 0) is 9.63 Å². The fourth-order valence-corrected chi connectivity index (χ4v) is 4.49. The van der Waals surface area contributed by atoms with Gasteiger partial charge in [-0.2, -0.15) is 0 Å². The van der Waals surface area contributed by atoms with E-state index in [1.807, 2.05) is 32.0 Å². The lowest BCUT2D eigenvalue weighted by molar-refractivity contribution is -0.154. The Hall–Kier alpha value is -3.83. The molecule has 3 aromatic rings. The Morgan fingerprint density at radius 2 is 1.82 bits per heavy atom. The van der Waals surface area contributed by atoms with Crippen molar-refractivity contribution in [3.63, 3.8) is 0 Å². The van der Waals surface area contributed by atoms with Gasteiger partial charge in [-0.15, -0.1) is 0 Å². The lowest BCUT2D eigenvalue weighted by atomic mass is 9.74. The highest BCUT2D eigenvalue weighted by molar-refractivity contribution is 6.43. The van der Waals surface area contributed by atoms with Gasteiger partial charge in [0.25, 0.3) is 17.4 Å². The molecule has 0 radical (unpaired) electrons. The normalized spacial score (nSPS) is 18.4. The van der Waals surface area contributed by atoms with Crippen molar-refractivity contribution < 1.29 is 28.9 Å². The van der Waals surface area contributed by atoms with Crippen LogP contribution in [0.1, 0.15) is 48.9 Å². The topological polar surface area (TPSA) is 133 Å². The van der Waals surface area contributed by atoms with Crippen LogP contribution in [0.4, 0.5) is 4.39 Å². The summed E-state index contributed by atoms with van der Waals surface area (Å²) in [6.07, 6.45) is -0.382. The number of pyridine rings is 1. The van der Waals surface area contributed by atoms with Crippen LogP contribution >= 0.6 is 0 Å². The molecule has 198 valence electrons. The quantitative estimate of drug-likeness (QED) is 0.304. The van der Waals surface area contributed by atoms with Crippen molar-refractivity contribution >= 4 is 35.4 Å². The summed E-state index contributed by atoms with van der Waals surface area (Å²) in [5.74, 6) is -2.32. The number of carbonyl (C=O) groups is 2. The first-order valence-corrected chi connectivity index (χ1v) is 12.4. The maximum absolute atomic E-state index is 16.0. The van der Waals surface area contributed by atoms with Crippen molar-refractivity contribution in [2.45, 2.75) is 44.4 Å². The number of hydrogen-bond donors (Lipinski definition) is 4. The molecular weight excluding hydrogens is 490 g/mol. The van der Waals surface area contributed by atoms with E-state index in [1.165, 1.54) is 12.1 Å². The van der Waals surface area contributed by atoms with Gasteiger partial charge in [0.1, 0.15) is 5.69 Å². The van der Waals surface area contributed by atoms with E-state index in [1.54, 1.807) is 36.5 Å². The molecule has 2 heterocycles. The van der Waals surface area contributed by atoms with Crippen molar-refractivity contribution in [1.29, 1.82) is 0 Å². The number of nitrogens with zero attached hydrogens (tertiary/aromatic N) is 2. The van der Waals surface area contributed by atoms with Crippen molar-refractivity contribution in [2.24, 2.45) is 11.1 Å². The molecule has 2 amide bonds. The van der Waals surface area contributed by atoms with Gasteiger partial charge in [0.2, 0.25) is 0 Å². The van der Waals surface area contributed by atoms with Crippen LogP contribution in [0.5, 0.6) is 0 Å². The monoisotopic (exact) mass is 520 g/mol. The number of oxime groups is 1. The molecule has 1 aromatic heterocycles. The molecule has 3 unspecified atom stereocenters. The number of alkyl halides is 1. The summed E-state index contributed by atoms with van der Waals surface area (Å²) in [5, 5.41) is 30.3. The van der Waals surface area contributed by atoms with E-state index in [0.29, 0.717) is 5.39 Å². The van der Waals surface area contributed by atoms with E-state index in [4.69, 9.17) is 4.84 Å². The molecule has 1 aliphatic rings. The van der Waals surface area contributed by atoms with Crippen molar-refractivity contribution in [1.82, 2.24) is 15.6 Å². The third-order valence-corrected chi connectivity index (χ3v) is 6.43. The van der Waals surface area contributed by atoms with Gasteiger partial charge in [0.15, 0.2) is 6.17 Å². The molecule has 38 heavy (non-hydrogen) atoms. The van der Waals surface area contributed by atoms with Crippen LogP contribution in [0.25, 0.3) is 10.8 Å². The van der Waals surface area contributed by atoms with Crippen LogP contribution in [0.3, 0.4) is 0 Å². The number of amides is 2. The molecule has 11 heteroatoms. The second-order valence-corrected chi connectivity index (χ2v) is 9.77. The average Bonchev–Trinajstić information content (AvgIpc) is 3.36. The fraction of sp³-hybridized carbons (Fsp3) is 0.333. The van der Waals surface area contributed by atoms with Gasteiger partial charge in [-0.25, -0.2) is 4.39 Å². The lowest BCUT2D eigenvalue weighted by Crippen LogP contribution is -2.57. The largest absolute Gasteiger partial charge is 0.475 e. The zero-order chi connectivity index (χ0) is 27.3. The highest BCUT2D eigenvalue weighted by atomic mass is 19.1. The second kappa shape index (κ2) is 11.7. The first-order chi connectivity index (χ1) is 18.2. The maximum atomic E-state index is 16.0. The van der Waals surface area contributed by atoms with E-state index < -0.39 is 36.6 Å². The number of benzene rings is 2. The van der Waals surface area contributed by atoms with E-state index in [0.717, 1.165) is 5.39 Å². The third-order valence-electron chi connectivity index (χ3n) is 6.43. The third kappa shape index (κ3) is 5.84. The van der Waals surface area contributed by atoms with Crippen LogP contribution in [0, 0.1) is 5.92 Å². The van der Waals surface area contributed by atoms with Crippen molar-refractivity contribution in [3.05, 3.63) is 78.1 Å². The van der Waals surface area contributed by atoms with Crippen molar-refractivity contribution in [2.75, 3.05) is 6.54 Å². The standard InChI is InChI=1S/C27H30BFN4O5/c1-17(2)14-22(28(36)37)32-26(35)27(24(29)19-9-4-3-5-10-19)15-20(33-38-27)16-31-25(34)23-21-11-7-6-8-18(21)12-13-30-23/h3-13,17,22,24,36-37H,14-16H2,1-2H3,(H,31,34)(H,32,35). The molecule has 0 spiro atoms. The maximum Gasteiger partial charge on any atom is 0.475 e. The molecule has 0 saturated carbocycles. The predicted octanol–water partition coefficient (Wildman–Crippen LogP) is 2.73. The van der Waals surface area contributed by atoms with E-state index >= 15 is 4.39 Å². The predicted molar refractivity (Wildman–Crippen MR) is 142 cm³/mol. The molecule has 4 N–H and O–H groups in total. The summed E-state index contributed by atoms with van der Waals surface area (Å²) in [7, 11) is -1.84. The number of hydrogen-bond acceptors (Lipinski definition) is 7. The van der Waals surface area contributed by atoms with Gasteiger partial charge in [-0.05, 0) is 29.4 Å². The second-order valence-electron chi connectivity index (χ2n) is 9.77. The van der Waals surface area contributed by atoms with E-state index in [2.05, 4.69) is 20.8 Å². The summed E-state index contributed by atoms with van der Waals surface area (Å²) in [4.78, 5) is 36.1. The smallest absolute Gasteiger partial charge is 0.426 e. The minimum atomic E-state index is -2.09. The van der Waals surface area contributed by atoms with Gasteiger partial charge < -0.3 is 25.5 Å². The number of nitrogens with one attached hydrogen (secondary N) is 2. The average molecular weight is 520 g/mol. The molecule has 3 atom stereocenters. The summed E-state index contributed by atoms with van der Waals surface area (Å²) in [6, 6.07) is 17.2. The first-order valence-electron chi connectivity index (χ1n) is 12.4. The van der Waals surface area contributed by atoms with Crippen LogP contribution in [0.2, 0.25) is 0 Å². The van der Waals surface area contributed by atoms with Gasteiger partial charge in [-0.1, -0.05) is 73.6 Å². The highest BCUT2D eigenvalue weighted by Gasteiger charge is 2.55. The molecule has 0 aliphatic carbocycles. The zero-order valence-corrected chi connectivity index (χ0v) is 21.2. The van der Waals surface area contributed by atoms with Crippen molar-refractivity contribution in [3.8, 4) is 0 Å². The first kappa shape index (κ1) is 27.2. The number of aromatic nitrogens is 1. The lowest BCUT2D eigenvalue weighted by Gasteiger charge is -2.31. The van der Waals surface area contributed by atoms with Crippen LogP contribution < -0.4 is 10.6 Å². The molecule has 9 nitrogen and oxygen atoms in total. The number of fused-ring (bicyclic) bond motifs is 1. The Kier molecular flexibility index (Phi) is 8.38. The fourth-order valence-electron chi connectivity index (χ4n) is 4.49. The zero-order valence-electron chi connectivity index (χ0n) is 21.2. The van der Waals surface area contributed by atoms with E-state index in [9.17, 15) is 19.6 Å². The minimum Gasteiger partial charge on any atom is -0.426 e. The number of halogens is 1. The Morgan fingerprint density at radius 1 is 1.11 bits per heavy atom. The Balaban J connectivity index is 1.53. The summed E-state index contributed by atoms with van der Waals surface area (Å²) in [5.41, 5.74) is -1.42. The van der Waals surface area contributed by atoms with Gasteiger partial charge >= 0.3 is 7.12 Å². The summed E-state index contributed by atoms with van der Waals surface area (Å²) in [6.45, 7) is 3.62. The van der Waals surface area contributed by atoms with Crippen LogP contribution in [-0.4, -0.2) is 57.8 Å². The summed E-state index contributed by atoms with van der Waals surface area (Å²) >= 11 is 0.